The standard InChI is InChI=1S/C21H20FN5/c1-14-25-20(12-21(26-14)27-17-8-6-16(22)7-9-17)23-11-10-15-13-24-19-5-3-2-4-18(15)19/h2-9,12-13,24H,10-11H2,1H3,(H2,23,25,26,27). The van der Waals surface area contributed by atoms with Crippen molar-refractivity contribution in [3.05, 3.63) is 78.0 Å². The summed E-state index contributed by atoms with van der Waals surface area (Å²) in [5.74, 6) is 1.83. The third-order valence-corrected chi connectivity index (χ3v) is 4.33. The van der Waals surface area contributed by atoms with Gasteiger partial charge in [-0.1, -0.05) is 18.2 Å². The van der Waals surface area contributed by atoms with Gasteiger partial charge in [-0.05, 0) is 49.2 Å². The number of aromatic nitrogens is 3. The van der Waals surface area contributed by atoms with Crippen LogP contribution in [0.25, 0.3) is 10.9 Å². The van der Waals surface area contributed by atoms with Gasteiger partial charge >= 0.3 is 0 Å². The number of halogens is 1. The fourth-order valence-electron chi connectivity index (χ4n) is 3.07. The van der Waals surface area contributed by atoms with Gasteiger partial charge in [-0.15, -0.1) is 0 Å². The molecule has 2 aromatic heterocycles. The number of hydrogen-bond acceptors (Lipinski definition) is 4. The number of benzene rings is 2. The Balaban J connectivity index is 1.43. The average Bonchev–Trinajstić information content (AvgIpc) is 3.07. The molecule has 4 rings (SSSR count). The summed E-state index contributed by atoms with van der Waals surface area (Å²) in [6, 6.07) is 16.3. The number of aryl methyl sites for hydroxylation is 1. The third kappa shape index (κ3) is 4.06. The van der Waals surface area contributed by atoms with Crippen LogP contribution < -0.4 is 10.6 Å². The zero-order valence-corrected chi connectivity index (χ0v) is 15.0. The molecule has 0 atom stereocenters. The largest absolute Gasteiger partial charge is 0.370 e. The van der Waals surface area contributed by atoms with Gasteiger partial charge < -0.3 is 15.6 Å². The minimum absolute atomic E-state index is 0.265. The van der Waals surface area contributed by atoms with E-state index in [-0.39, 0.29) is 5.82 Å². The number of fused-ring (bicyclic) bond motifs is 1. The topological polar surface area (TPSA) is 65.6 Å². The van der Waals surface area contributed by atoms with Crippen LogP contribution >= 0.6 is 0 Å². The van der Waals surface area contributed by atoms with Crippen molar-refractivity contribution in [1.82, 2.24) is 15.0 Å². The monoisotopic (exact) mass is 361 g/mol. The number of anilines is 3. The molecule has 0 aliphatic rings. The highest BCUT2D eigenvalue weighted by Gasteiger charge is 2.05. The van der Waals surface area contributed by atoms with Crippen LogP contribution in [0.4, 0.5) is 21.7 Å². The molecule has 2 aromatic carbocycles. The van der Waals surface area contributed by atoms with E-state index >= 15 is 0 Å². The van der Waals surface area contributed by atoms with Gasteiger partial charge in [0.05, 0.1) is 0 Å². The summed E-state index contributed by atoms with van der Waals surface area (Å²) < 4.78 is 13.0. The molecule has 4 aromatic rings. The lowest BCUT2D eigenvalue weighted by atomic mass is 10.1. The normalized spacial score (nSPS) is 10.9. The molecule has 0 fully saturated rings. The Bertz CT molecular complexity index is 1060. The molecule has 0 aliphatic heterocycles. The molecule has 0 unspecified atom stereocenters. The lowest BCUT2D eigenvalue weighted by Crippen LogP contribution is -2.08. The van der Waals surface area contributed by atoms with Gasteiger partial charge in [0.2, 0.25) is 0 Å². The average molecular weight is 361 g/mol. The van der Waals surface area contributed by atoms with Gasteiger partial charge in [0, 0.05) is 35.4 Å². The second kappa shape index (κ2) is 7.45. The maximum Gasteiger partial charge on any atom is 0.136 e. The number of aromatic amines is 1. The zero-order valence-electron chi connectivity index (χ0n) is 15.0. The van der Waals surface area contributed by atoms with Gasteiger partial charge in [0.25, 0.3) is 0 Å². The van der Waals surface area contributed by atoms with Crippen LogP contribution in [0.1, 0.15) is 11.4 Å². The van der Waals surface area contributed by atoms with Crippen LogP contribution in [0, 0.1) is 12.7 Å². The van der Waals surface area contributed by atoms with E-state index in [0.717, 1.165) is 30.0 Å². The van der Waals surface area contributed by atoms with Crippen LogP contribution in [-0.2, 0) is 6.42 Å². The Morgan fingerprint density at radius 1 is 1.00 bits per heavy atom. The molecule has 3 N–H and O–H groups in total. The second-order valence-corrected chi connectivity index (χ2v) is 6.35. The van der Waals surface area contributed by atoms with E-state index in [1.165, 1.54) is 23.1 Å². The van der Waals surface area contributed by atoms with Crippen molar-refractivity contribution in [1.29, 1.82) is 0 Å². The minimum atomic E-state index is -0.265. The predicted octanol–water partition coefficient (Wildman–Crippen LogP) is 4.80. The molecule has 136 valence electrons. The van der Waals surface area contributed by atoms with Gasteiger partial charge in [0.15, 0.2) is 0 Å². The molecule has 0 bridgehead atoms. The van der Waals surface area contributed by atoms with Crippen molar-refractivity contribution in [3.8, 4) is 0 Å². The highest BCUT2D eigenvalue weighted by molar-refractivity contribution is 5.83. The van der Waals surface area contributed by atoms with Crippen LogP contribution in [0.5, 0.6) is 0 Å². The van der Waals surface area contributed by atoms with Crippen molar-refractivity contribution in [2.75, 3.05) is 17.2 Å². The maximum absolute atomic E-state index is 13.0. The van der Waals surface area contributed by atoms with Gasteiger partial charge in [0.1, 0.15) is 23.3 Å². The number of nitrogens with zero attached hydrogens (tertiary/aromatic N) is 2. The van der Waals surface area contributed by atoms with Crippen molar-refractivity contribution < 1.29 is 4.39 Å². The third-order valence-electron chi connectivity index (χ3n) is 4.33. The first kappa shape index (κ1) is 17.0. The maximum atomic E-state index is 13.0. The highest BCUT2D eigenvalue weighted by atomic mass is 19.1. The first-order valence-corrected chi connectivity index (χ1v) is 8.84. The molecule has 0 saturated carbocycles. The van der Waals surface area contributed by atoms with Gasteiger partial charge in [-0.3, -0.25) is 0 Å². The van der Waals surface area contributed by atoms with E-state index in [4.69, 9.17) is 0 Å². The van der Waals surface area contributed by atoms with Crippen molar-refractivity contribution >= 4 is 28.2 Å². The molecule has 27 heavy (non-hydrogen) atoms. The molecule has 0 saturated heterocycles. The number of H-pyrrole nitrogens is 1. The van der Waals surface area contributed by atoms with Crippen molar-refractivity contribution in [3.63, 3.8) is 0 Å². The molecule has 5 nitrogen and oxygen atoms in total. The van der Waals surface area contributed by atoms with E-state index < -0.39 is 0 Å². The molecule has 6 heteroatoms. The number of para-hydroxylation sites is 1. The Kier molecular flexibility index (Phi) is 4.70. The number of rotatable bonds is 6. The predicted molar refractivity (Wildman–Crippen MR) is 107 cm³/mol. The smallest absolute Gasteiger partial charge is 0.136 e. The molecule has 0 spiro atoms. The van der Waals surface area contributed by atoms with E-state index in [2.05, 4.69) is 43.9 Å². The summed E-state index contributed by atoms with van der Waals surface area (Å²) in [5, 5.41) is 7.78. The van der Waals surface area contributed by atoms with Crippen LogP contribution in [0.3, 0.4) is 0 Å². The van der Waals surface area contributed by atoms with Crippen LogP contribution in [0.15, 0.2) is 60.8 Å². The summed E-state index contributed by atoms with van der Waals surface area (Å²) in [4.78, 5) is 12.1. The lowest BCUT2D eigenvalue weighted by molar-refractivity contribution is 0.628. The molecule has 0 radical (unpaired) electrons. The molecule has 2 heterocycles. The quantitative estimate of drug-likeness (QED) is 0.461. The number of hydrogen-bond donors (Lipinski definition) is 3. The fourth-order valence-corrected chi connectivity index (χ4v) is 3.07. The summed E-state index contributed by atoms with van der Waals surface area (Å²) in [5.41, 5.74) is 3.20. The van der Waals surface area contributed by atoms with Crippen LogP contribution in [0.2, 0.25) is 0 Å². The first-order valence-electron chi connectivity index (χ1n) is 8.84. The lowest BCUT2D eigenvalue weighted by Gasteiger charge is -2.10. The SMILES string of the molecule is Cc1nc(NCCc2c[nH]c3ccccc23)cc(Nc2ccc(F)cc2)n1. The van der Waals surface area contributed by atoms with E-state index in [9.17, 15) is 4.39 Å². The molecular weight excluding hydrogens is 341 g/mol. The fraction of sp³-hybridized carbons (Fsp3) is 0.143. The Morgan fingerprint density at radius 2 is 1.78 bits per heavy atom. The van der Waals surface area contributed by atoms with E-state index in [0.29, 0.717) is 11.6 Å². The minimum Gasteiger partial charge on any atom is -0.370 e. The van der Waals surface area contributed by atoms with E-state index in [1.54, 1.807) is 12.1 Å². The highest BCUT2D eigenvalue weighted by Crippen LogP contribution is 2.20. The summed E-state index contributed by atoms with van der Waals surface area (Å²) in [6.07, 6.45) is 2.94. The molecule has 0 amide bonds. The zero-order chi connectivity index (χ0) is 18.6. The van der Waals surface area contributed by atoms with Crippen molar-refractivity contribution in [2.24, 2.45) is 0 Å². The number of nitrogens with one attached hydrogen (secondary N) is 3. The van der Waals surface area contributed by atoms with Crippen molar-refractivity contribution in [2.45, 2.75) is 13.3 Å². The van der Waals surface area contributed by atoms with E-state index in [1.807, 2.05) is 25.1 Å². The Morgan fingerprint density at radius 3 is 2.63 bits per heavy atom. The first-order chi connectivity index (χ1) is 13.2. The summed E-state index contributed by atoms with van der Waals surface area (Å²) in [6.45, 7) is 2.61. The summed E-state index contributed by atoms with van der Waals surface area (Å²) in [7, 11) is 0. The molecule has 0 aliphatic carbocycles. The second-order valence-electron chi connectivity index (χ2n) is 6.35. The van der Waals surface area contributed by atoms with Gasteiger partial charge in [-0.25, -0.2) is 14.4 Å². The van der Waals surface area contributed by atoms with Crippen LogP contribution in [-0.4, -0.2) is 21.5 Å². The Hall–Kier alpha value is -3.41. The molecular formula is C21H20FN5. The Labute approximate surface area is 156 Å². The summed E-state index contributed by atoms with van der Waals surface area (Å²) >= 11 is 0. The van der Waals surface area contributed by atoms with Gasteiger partial charge in [-0.2, -0.15) is 0 Å².